The summed E-state index contributed by atoms with van der Waals surface area (Å²) in [7, 11) is 1.74. The summed E-state index contributed by atoms with van der Waals surface area (Å²) in [6, 6.07) is 4.09. The lowest BCUT2D eigenvalue weighted by atomic mass is 10.2. The van der Waals surface area contributed by atoms with Crippen molar-refractivity contribution in [3.8, 4) is 5.88 Å². The largest absolute Gasteiger partial charge is 0.478 e. The summed E-state index contributed by atoms with van der Waals surface area (Å²) in [6.45, 7) is 8.48. The van der Waals surface area contributed by atoms with Crippen LogP contribution in [0, 0.1) is 5.92 Å². The molecule has 1 aromatic heterocycles. The number of ether oxygens (including phenoxy) is 1. The molecule has 1 aliphatic rings. The second-order valence-corrected chi connectivity index (χ2v) is 6.40. The van der Waals surface area contributed by atoms with E-state index in [1.54, 1.807) is 13.2 Å². The standard InChI is InChI=1S/C18H29N5O2/c1-5-25-16-14(7-6-9-20-16)11-21-18(19-4)22-15-8-10-23(12-15)17(24)13(2)3/h6-7,9,13,15H,5,8,10-12H2,1-4H3,(H2,19,21,22). The highest BCUT2D eigenvalue weighted by molar-refractivity contribution is 5.81. The van der Waals surface area contributed by atoms with E-state index in [0.717, 1.165) is 31.0 Å². The minimum absolute atomic E-state index is 0.0405. The molecule has 7 heteroatoms. The topological polar surface area (TPSA) is 78.8 Å². The first kappa shape index (κ1) is 19.0. The van der Waals surface area contributed by atoms with E-state index in [-0.39, 0.29) is 17.9 Å². The lowest BCUT2D eigenvalue weighted by Crippen LogP contribution is -2.45. The van der Waals surface area contributed by atoms with Crippen LogP contribution in [0.15, 0.2) is 23.3 Å². The van der Waals surface area contributed by atoms with Crippen LogP contribution in [0.3, 0.4) is 0 Å². The average molecular weight is 347 g/mol. The van der Waals surface area contributed by atoms with Gasteiger partial charge < -0.3 is 20.3 Å². The normalized spacial score (nSPS) is 17.7. The first-order valence-corrected chi connectivity index (χ1v) is 8.87. The van der Waals surface area contributed by atoms with Gasteiger partial charge >= 0.3 is 0 Å². The predicted molar refractivity (Wildman–Crippen MR) is 98.6 cm³/mol. The maximum absolute atomic E-state index is 12.1. The fourth-order valence-corrected chi connectivity index (χ4v) is 2.84. The average Bonchev–Trinajstić information content (AvgIpc) is 3.07. The molecule has 1 atom stereocenters. The van der Waals surface area contributed by atoms with E-state index in [4.69, 9.17) is 4.74 Å². The molecule has 1 aromatic rings. The van der Waals surface area contributed by atoms with Crippen LogP contribution in [0.1, 0.15) is 32.8 Å². The minimum atomic E-state index is 0.0405. The van der Waals surface area contributed by atoms with Gasteiger partial charge in [0, 0.05) is 50.4 Å². The molecule has 2 N–H and O–H groups in total. The number of pyridine rings is 1. The van der Waals surface area contributed by atoms with Gasteiger partial charge in [0.2, 0.25) is 11.8 Å². The Morgan fingerprint density at radius 3 is 3.00 bits per heavy atom. The number of aromatic nitrogens is 1. The number of aliphatic imine (C=N–C) groups is 1. The van der Waals surface area contributed by atoms with Crippen molar-refractivity contribution in [2.24, 2.45) is 10.9 Å². The van der Waals surface area contributed by atoms with Gasteiger partial charge in [-0.15, -0.1) is 0 Å². The molecule has 1 aliphatic heterocycles. The summed E-state index contributed by atoms with van der Waals surface area (Å²) in [5.41, 5.74) is 0.982. The Morgan fingerprint density at radius 2 is 2.32 bits per heavy atom. The smallest absolute Gasteiger partial charge is 0.225 e. The summed E-state index contributed by atoms with van der Waals surface area (Å²) in [5, 5.41) is 6.69. The molecular weight excluding hydrogens is 318 g/mol. The van der Waals surface area contributed by atoms with Gasteiger partial charge in [-0.25, -0.2) is 4.98 Å². The van der Waals surface area contributed by atoms with E-state index in [9.17, 15) is 4.79 Å². The number of hydrogen-bond acceptors (Lipinski definition) is 4. The number of amides is 1. The third kappa shape index (κ3) is 5.34. The van der Waals surface area contributed by atoms with Gasteiger partial charge in [0.15, 0.2) is 5.96 Å². The molecule has 1 amide bonds. The number of hydrogen-bond donors (Lipinski definition) is 2. The molecule has 0 radical (unpaired) electrons. The molecule has 2 heterocycles. The van der Waals surface area contributed by atoms with Gasteiger partial charge in [0.25, 0.3) is 0 Å². The molecule has 0 aliphatic carbocycles. The van der Waals surface area contributed by atoms with Gasteiger partial charge in [-0.3, -0.25) is 9.79 Å². The molecule has 138 valence electrons. The molecule has 1 fully saturated rings. The van der Waals surface area contributed by atoms with Gasteiger partial charge in [0.1, 0.15) is 0 Å². The molecule has 0 aromatic carbocycles. The van der Waals surface area contributed by atoms with Gasteiger partial charge in [-0.05, 0) is 19.4 Å². The van der Waals surface area contributed by atoms with E-state index in [1.165, 1.54) is 0 Å². The maximum Gasteiger partial charge on any atom is 0.225 e. The maximum atomic E-state index is 12.1. The number of nitrogens with zero attached hydrogens (tertiary/aromatic N) is 3. The number of nitrogens with one attached hydrogen (secondary N) is 2. The molecule has 2 rings (SSSR count). The molecule has 7 nitrogen and oxygen atoms in total. The van der Waals surface area contributed by atoms with Crippen molar-refractivity contribution < 1.29 is 9.53 Å². The number of carbonyl (C=O) groups is 1. The van der Waals surface area contributed by atoms with Crippen molar-refractivity contribution in [2.45, 2.75) is 39.8 Å². The van der Waals surface area contributed by atoms with Crippen molar-refractivity contribution in [3.63, 3.8) is 0 Å². The number of carbonyl (C=O) groups excluding carboxylic acids is 1. The van der Waals surface area contributed by atoms with Crippen LogP contribution >= 0.6 is 0 Å². The van der Waals surface area contributed by atoms with Crippen LogP contribution in [0.4, 0.5) is 0 Å². The quantitative estimate of drug-likeness (QED) is 0.601. The lowest BCUT2D eigenvalue weighted by Gasteiger charge is -2.20. The summed E-state index contributed by atoms with van der Waals surface area (Å²) in [4.78, 5) is 22.5. The zero-order chi connectivity index (χ0) is 18.2. The van der Waals surface area contributed by atoms with E-state index in [1.807, 2.05) is 37.8 Å². The third-order valence-electron chi connectivity index (χ3n) is 4.14. The summed E-state index contributed by atoms with van der Waals surface area (Å²) < 4.78 is 5.54. The van der Waals surface area contributed by atoms with Crippen molar-refractivity contribution in [1.82, 2.24) is 20.5 Å². The van der Waals surface area contributed by atoms with Crippen LogP contribution < -0.4 is 15.4 Å². The highest BCUT2D eigenvalue weighted by atomic mass is 16.5. The van der Waals surface area contributed by atoms with Gasteiger partial charge in [-0.1, -0.05) is 19.9 Å². The minimum Gasteiger partial charge on any atom is -0.478 e. The highest BCUT2D eigenvalue weighted by Crippen LogP contribution is 2.14. The molecule has 25 heavy (non-hydrogen) atoms. The second kappa shape index (κ2) is 9.25. The second-order valence-electron chi connectivity index (χ2n) is 6.40. The van der Waals surface area contributed by atoms with Gasteiger partial charge in [-0.2, -0.15) is 0 Å². The van der Waals surface area contributed by atoms with E-state index in [0.29, 0.717) is 19.0 Å². The third-order valence-corrected chi connectivity index (χ3v) is 4.14. The van der Waals surface area contributed by atoms with Crippen molar-refractivity contribution >= 4 is 11.9 Å². The van der Waals surface area contributed by atoms with Crippen LogP contribution in [0.5, 0.6) is 5.88 Å². The molecule has 1 saturated heterocycles. The van der Waals surface area contributed by atoms with E-state index < -0.39 is 0 Å². The van der Waals surface area contributed by atoms with Crippen LogP contribution in [0.25, 0.3) is 0 Å². The Balaban J connectivity index is 1.87. The van der Waals surface area contributed by atoms with Gasteiger partial charge in [0.05, 0.1) is 6.61 Å². The molecule has 0 saturated carbocycles. The summed E-state index contributed by atoms with van der Waals surface area (Å²) in [6.07, 6.45) is 2.65. The van der Waals surface area contributed by atoms with E-state index in [2.05, 4.69) is 20.6 Å². The monoisotopic (exact) mass is 347 g/mol. The number of guanidine groups is 1. The predicted octanol–water partition coefficient (Wildman–Crippen LogP) is 1.40. The number of rotatable bonds is 6. The van der Waals surface area contributed by atoms with Crippen molar-refractivity contribution in [3.05, 3.63) is 23.9 Å². The Hall–Kier alpha value is -2.31. The van der Waals surface area contributed by atoms with Crippen LogP contribution in [-0.2, 0) is 11.3 Å². The van der Waals surface area contributed by atoms with Crippen LogP contribution in [0.2, 0.25) is 0 Å². The molecule has 0 spiro atoms. The Labute approximate surface area is 149 Å². The Bertz CT molecular complexity index is 603. The SMILES string of the molecule is CCOc1ncccc1CNC(=NC)NC1CCN(C(=O)C(C)C)C1. The molecule has 1 unspecified atom stereocenters. The zero-order valence-corrected chi connectivity index (χ0v) is 15.6. The summed E-state index contributed by atoms with van der Waals surface area (Å²) in [5.74, 6) is 1.61. The summed E-state index contributed by atoms with van der Waals surface area (Å²) >= 11 is 0. The zero-order valence-electron chi connectivity index (χ0n) is 15.6. The fourth-order valence-electron chi connectivity index (χ4n) is 2.84. The first-order chi connectivity index (χ1) is 12.0. The molecular formula is C18H29N5O2. The highest BCUT2D eigenvalue weighted by Gasteiger charge is 2.27. The van der Waals surface area contributed by atoms with Crippen LogP contribution in [-0.4, -0.2) is 54.5 Å². The molecule has 0 bridgehead atoms. The lowest BCUT2D eigenvalue weighted by molar-refractivity contribution is -0.133. The number of likely N-dealkylation sites (tertiary alicyclic amines) is 1. The fraction of sp³-hybridized carbons (Fsp3) is 0.611. The van der Waals surface area contributed by atoms with Crippen molar-refractivity contribution in [2.75, 3.05) is 26.7 Å². The Morgan fingerprint density at radius 1 is 1.52 bits per heavy atom. The Kier molecular flexibility index (Phi) is 7.03. The van der Waals surface area contributed by atoms with Crippen molar-refractivity contribution in [1.29, 1.82) is 0 Å². The first-order valence-electron chi connectivity index (χ1n) is 8.87. The van der Waals surface area contributed by atoms with E-state index >= 15 is 0 Å².